The SMILES string of the molecule is N=C(N)c1ccc(-c2cc(Cl)cc(Cl)c2)cn1. The lowest BCUT2D eigenvalue weighted by Crippen LogP contribution is -2.12. The molecule has 1 aromatic heterocycles. The number of hydrogen-bond acceptors (Lipinski definition) is 2. The normalized spacial score (nSPS) is 10.2. The van der Waals surface area contributed by atoms with Gasteiger partial charge in [0, 0.05) is 21.8 Å². The van der Waals surface area contributed by atoms with E-state index < -0.39 is 0 Å². The summed E-state index contributed by atoms with van der Waals surface area (Å²) in [7, 11) is 0. The Labute approximate surface area is 109 Å². The van der Waals surface area contributed by atoms with Crippen molar-refractivity contribution in [3.63, 3.8) is 0 Å². The van der Waals surface area contributed by atoms with Crippen LogP contribution >= 0.6 is 23.2 Å². The number of rotatable bonds is 2. The lowest BCUT2D eigenvalue weighted by atomic mass is 10.1. The topological polar surface area (TPSA) is 62.8 Å². The van der Waals surface area contributed by atoms with Crippen molar-refractivity contribution in [1.82, 2.24) is 4.98 Å². The fourth-order valence-electron chi connectivity index (χ4n) is 1.44. The molecule has 1 heterocycles. The molecule has 0 unspecified atom stereocenters. The van der Waals surface area contributed by atoms with Gasteiger partial charge in [-0.2, -0.15) is 0 Å². The third-order valence-corrected chi connectivity index (χ3v) is 2.67. The zero-order chi connectivity index (χ0) is 12.4. The third kappa shape index (κ3) is 2.75. The smallest absolute Gasteiger partial charge is 0.141 e. The molecule has 2 rings (SSSR count). The van der Waals surface area contributed by atoms with Crippen LogP contribution in [0, 0.1) is 5.41 Å². The minimum Gasteiger partial charge on any atom is -0.382 e. The van der Waals surface area contributed by atoms with Crippen molar-refractivity contribution in [2.75, 3.05) is 0 Å². The van der Waals surface area contributed by atoms with Crippen LogP contribution < -0.4 is 5.73 Å². The van der Waals surface area contributed by atoms with Crippen LogP contribution in [-0.2, 0) is 0 Å². The number of hydrogen-bond donors (Lipinski definition) is 2. The number of nitrogens with one attached hydrogen (secondary N) is 1. The van der Waals surface area contributed by atoms with Gasteiger partial charge in [0.05, 0.1) is 0 Å². The highest BCUT2D eigenvalue weighted by Gasteiger charge is 2.03. The number of pyridine rings is 1. The maximum atomic E-state index is 7.25. The van der Waals surface area contributed by atoms with E-state index in [4.69, 9.17) is 34.3 Å². The van der Waals surface area contributed by atoms with Gasteiger partial charge < -0.3 is 5.73 Å². The van der Waals surface area contributed by atoms with E-state index >= 15 is 0 Å². The molecule has 0 aliphatic heterocycles. The maximum absolute atomic E-state index is 7.25. The van der Waals surface area contributed by atoms with Crippen LogP contribution in [0.2, 0.25) is 10.0 Å². The first kappa shape index (κ1) is 11.9. The number of nitrogens with two attached hydrogens (primary N) is 1. The van der Waals surface area contributed by atoms with Gasteiger partial charge in [0.25, 0.3) is 0 Å². The average Bonchev–Trinajstić information content (AvgIpc) is 2.28. The van der Waals surface area contributed by atoms with E-state index in [0.29, 0.717) is 15.7 Å². The van der Waals surface area contributed by atoms with Gasteiger partial charge in [-0.25, -0.2) is 0 Å². The first-order chi connectivity index (χ1) is 8.06. The zero-order valence-electron chi connectivity index (χ0n) is 8.74. The summed E-state index contributed by atoms with van der Waals surface area (Å²) < 4.78 is 0. The summed E-state index contributed by atoms with van der Waals surface area (Å²) in [6, 6.07) is 8.79. The highest BCUT2D eigenvalue weighted by Crippen LogP contribution is 2.26. The summed E-state index contributed by atoms with van der Waals surface area (Å²) in [6.45, 7) is 0. The number of benzene rings is 1. The Morgan fingerprint density at radius 3 is 2.18 bits per heavy atom. The Morgan fingerprint density at radius 1 is 1.06 bits per heavy atom. The van der Waals surface area contributed by atoms with Crippen molar-refractivity contribution in [3.8, 4) is 11.1 Å². The monoisotopic (exact) mass is 265 g/mol. The van der Waals surface area contributed by atoms with Gasteiger partial charge in [-0.3, -0.25) is 10.4 Å². The average molecular weight is 266 g/mol. The van der Waals surface area contributed by atoms with Crippen LogP contribution in [0.1, 0.15) is 5.69 Å². The molecule has 0 aliphatic rings. The van der Waals surface area contributed by atoms with Crippen molar-refractivity contribution >= 4 is 29.0 Å². The molecule has 0 spiro atoms. The second-order valence-electron chi connectivity index (χ2n) is 3.50. The van der Waals surface area contributed by atoms with E-state index in [1.807, 2.05) is 6.07 Å². The van der Waals surface area contributed by atoms with Crippen LogP contribution in [0.15, 0.2) is 36.5 Å². The lowest BCUT2D eigenvalue weighted by Gasteiger charge is -2.04. The second-order valence-corrected chi connectivity index (χ2v) is 4.38. The molecular formula is C12H9Cl2N3. The Kier molecular flexibility index (Phi) is 3.31. The van der Waals surface area contributed by atoms with E-state index in [0.717, 1.165) is 11.1 Å². The van der Waals surface area contributed by atoms with E-state index in [1.54, 1.807) is 30.5 Å². The van der Waals surface area contributed by atoms with Crippen LogP contribution in [0.3, 0.4) is 0 Å². The Balaban J connectivity index is 2.43. The van der Waals surface area contributed by atoms with E-state index in [9.17, 15) is 0 Å². The third-order valence-electron chi connectivity index (χ3n) is 2.24. The number of amidine groups is 1. The molecule has 1 aromatic carbocycles. The highest BCUT2D eigenvalue weighted by atomic mass is 35.5. The summed E-state index contributed by atoms with van der Waals surface area (Å²) in [5.74, 6) is -0.0549. The molecule has 17 heavy (non-hydrogen) atoms. The quantitative estimate of drug-likeness (QED) is 0.646. The molecule has 3 nitrogen and oxygen atoms in total. The molecule has 2 aromatic rings. The predicted octanol–water partition coefficient (Wildman–Crippen LogP) is 3.34. The molecular weight excluding hydrogens is 257 g/mol. The van der Waals surface area contributed by atoms with Crippen LogP contribution in [0.5, 0.6) is 0 Å². The molecule has 0 saturated heterocycles. The lowest BCUT2D eigenvalue weighted by molar-refractivity contribution is 1.26. The first-order valence-corrected chi connectivity index (χ1v) is 5.59. The number of nitrogen functional groups attached to an aromatic ring is 1. The molecule has 0 atom stereocenters. The van der Waals surface area contributed by atoms with Crippen LogP contribution in [-0.4, -0.2) is 10.8 Å². The molecule has 0 amide bonds. The fourth-order valence-corrected chi connectivity index (χ4v) is 1.97. The predicted molar refractivity (Wildman–Crippen MR) is 70.7 cm³/mol. The van der Waals surface area contributed by atoms with E-state index in [2.05, 4.69) is 4.98 Å². The summed E-state index contributed by atoms with van der Waals surface area (Å²) in [5.41, 5.74) is 7.53. The molecule has 5 heteroatoms. The highest BCUT2D eigenvalue weighted by molar-refractivity contribution is 6.35. The van der Waals surface area contributed by atoms with Crippen molar-refractivity contribution < 1.29 is 0 Å². The molecule has 0 fully saturated rings. The number of halogens is 2. The van der Waals surface area contributed by atoms with Crippen LogP contribution in [0.25, 0.3) is 11.1 Å². The molecule has 0 bridgehead atoms. The van der Waals surface area contributed by atoms with E-state index in [-0.39, 0.29) is 5.84 Å². The Morgan fingerprint density at radius 2 is 1.71 bits per heavy atom. The summed E-state index contributed by atoms with van der Waals surface area (Å²) >= 11 is 11.8. The van der Waals surface area contributed by atoms with Gasteiger partial charge in [-0.15, -0.1) is 0 Å². The Bertz CT molecular complexity index is 544. The number of aromatic nitrogens is 1. The summed E-state index contributed by atoms with van der Waals surface area (Å²) in [5, 5.41) is 8.40. The molecule has 0 aliphatic carbocycles. The fraction of sp³-hybridized carbons (Fsp3) is 0. The van der Waals surface area contributed by atoms with Gasteiger partial charge in [-0.1, -0.05) is 29.3 Å². The molecule has 0 saturated carbocycles. The summed E-state index contributed by atoms with van der Waals surface area (Å²) in [4.78, 5) is 4.08. The van der Waals surface area contributed by atoms with Crippen molar-refractivity contribution in [2.45, 2.75) is 0 Å². The van der Waals surface area contributed by atoms with Gasteiger partial charge in [0.2, 0.25) is 0 Å². The van der Waals surface area contributed by atoms with Crippen molar-refractivity contribution in [3.05, 3.63) is 52.3 Å². The largest absolute Gasteiger partial charge is 0.382 e. The van der Waals surface area contributed by atoms with Crippen molar-refractivity contribution in [1.29, 1.82) is 5.41 Å². The van der Waals surface area contributed by atoms with E-state index in [1.165, 1.54) is 0 Å². The van der Waals surface area contributed by atoms with Crippen LogP contribution in [0.4, 0.5) is 0 Å². The second kappa shape index (κ2) is 4.73. The zero-order valence-corrected chi connectivity index (χ0v) is 10.3. The van der Waals surface area contributed by atoms with Crippen molar-refractivity contribution in [2.24, 2.45) is 5.73 Å². The van der Waals surface area contributed by atoms with Gasteiger partial charge >= 0.3 is 0 Å². The standard InChI is InChI=1S/C12H9Cl2N3/c13-9-3-8(4-10(14)5-9)7-1-2-11(12(15)16)17-6-7/h1-6H,(H3,15,16). The molecule has 86 valence electrons. The summed E-state index contributed by atoms with van der Waals surface area (Å²) in [6.07, 6.45) is 1.64. The van der Waals surface area contributed by atoms with Gasteiger partial charge in [0.15, 0.2) is 0 Å². The number of nitrogens with zero attached hydrogens (tertiary/aromatic N) is 1. The van der Waals surface area contributed by atoms with Gasteiger partial charge in [0.1, 0.15) is 11.5 Å². The Hall–Kier alpha value is -1.58. The molecule has 3 N–H and O–H groups in total. The minimum absolute atomic E-state index is 0.0549. The minimum atomic E-state index is -0.0549. The maximum Gasteiger partial charge on any atom is 0.141 e. The van der Waals surface area contributed by atoms with Gasteiger partial charge in [-0.05, 0) is 29.8 Å². The first-order valence-electron chi connectivity index (χ1n) is 4.83. The molecule has 0 radical (unpaired) electrons.